The maximum absolute atomic E-state index is 13.2. The molecular weight excluding hydrogens is 221 g/mol. The van der Waals surface area contributed by atoms with Crippen molar-refractivity contribution in [1.82, 2.24) is 9.97 Å². The van der Waals surface area contributed by atoms with E-state index in [2.05, 4.69) is 15.3 Å². The van der Waals surface area contributed by atoms with E-state index < -0.39 is 0 Å². The van der Waals surface area contributed by atoms with Crippen LogP contribution in [-0.2, 0) is 6.54 Å². The number of benzene rings is 1. The number of methoxy groups -OCH3 is 1. The van der Waals surface area contributed by atoms with Crippen LogP contribution in [0.25, 0.3) is 0 Å². The highest BCUT2D eigenvalue weighted by Crippen LogP contribution is 2.20. The highest BCUT2D eigenvalue weighted by Gasteiger charge is 2.01. The van der Waals surface area contributed by atoms with E-state index in [0.717, 1.165) is 5.69 Å². The number of nitrogens with one attached hydrogen (secondary N) is 1. The summed E-state index contributed by atoms with van der Waals surface area (Å²) >= 11 is 0. The van der Waals surface area contributed by atoms with E-state index in [-0.39, 0.29) is 5.82 Å². The van der Waals surface area contributed by atoms with Gasteiger partial charge < -0.3 is 10.1 Å². The van der Waals surface area contributed by atoms with Crippen molar-refractivity contribution in [3.8, 4) is 5.75 Å². The molecule has 1 heterocycles. The Morgan fingerprint density at radius 2 is 2.18 bits per heavy atom. The van der Waals surface area contributed by atoms with Crippen LogP contribution in [0.4, 0.5) is 10.1 Å². The summed E-state index contributed by atoms with van der Waals surface area (Å²) < 4.78 is 18.2. The Morgan fingerprint density at radius 1 is 1.29 bits per heavy atom. The Labute approximate surface area is 98.5 Å². The van der Waals surface area contributed by atoms with Gasteiger partial charge in [-0.05, 0) is 6.07 Å². The fraction of sp³-hybridized carbons (Fsp3) is 0.167. The largest absolute Gasteiger partial charge is 0.497 e. The fourth-order valence-electron chi connectivity index (χ4n) is 1.40. The van der Waals surface area contributed by atoms with E-state index in [9.17, 15) is 4.39 Å². The highest BCUT2D eigenvalue weighted by atomic mass is 19.1. The third-order valence-corrected chi connectivity index (χ3v) is 2.20. The first-order valence-electron chi connectivity index (χ1n) is 5.11. The van der Waals surface area contributed by atoms with Crippen molar-refractivity contribution in [1.29, 1.82) is 0 Å². The zero-order valence-electron chi connectivity index (χ0n) is 9.35. The fourth-order valence-corrected chi connectivity index (χ4v) is 1.40. The van der Waals surface area contributed by atoms with E-state index in [4.69, 9.17) is 4.74 Å². The van der Waals surface area contributed by atoms with E-state index in [1.54, 1.807) is 24.7 Å². The van der Waals surface area contributed by atoms with Crippen molar-refractivity contribution >= 4 is 5.69 Å². The molecule has 17 heavy (non-hydrogen) atoms. The van der Waals surface area contributed by atoms with Crippen molar-refractivity contribution in [2.75, 3.05) is 12.4 Å². The van der Waals surface area contributed by atoms with Gasteiger partial charge in [0, 0.05) is 30.2 Å². The van der Waals surface area contributed by atoms with E-state index in [1.165, 1.54) is 19.2 Å². The number of hydrogen-bond donors (Lipinski definition) is 1. The van der Waals surface area contributed by atoms with Crippen LogP contribution in [0, 0.1) is 5.82 Å². The summed E-state index contributed by atoms with van der Waals surface area (Å²) in [6.45, 7) is 0.487. The van der Waals surface area contributed by atoms with Crippen LogP contribution in [0.3, 0.4) is 0 Å². The third-order valence-electron chi connectivity index (χ3n) is 2.20. The first kappa shape index (κ1) is 11.3. The van der Waals surface area contributed by atoms with Gasteiger partial charge in [-0.2, -0.15) is 0 Å². The summed E-state index contributed by atoms with van der Waals surface area (Å²) in [6, 6.07) is 4.45. The molecule has 0 amide bonds. The van der Waals surface area contributed by atoms with Gasteiger partial charge in [0.25, 0.3) is 0 Å². The Kier molecular flexibility index (Phi) is 3.49. The predicted molar refractivity (Wildman–Crippen MR) is 62.3 cm³/mol. The molecule has 0 aliphatic rings. The van der Waals surface area contributed by atoms with Crippen molar-refractivity contribution in [2.24, 2.45) is 0 Å². The summed E-state index contributed by atoms with van der Waals surface area (Å²) in [5.41, 5.74) is 1.43. The second-order valence-corrected chi connectivity index (χ2v) is 3.43. The first-order valence-corrected chi connectivity index (χ1v) is 5.11. The number of nitrogens with zero attached hydrogens (tertiary/aromatic N) is 2. The highest BCUT2D eigenvalue weighted by molar-refractivity contribution is 5.48. The summed E-state index contributed by atoms with van der Waals surface area (Å²) in [5, 5.41) is 3.05. The molecule has 0 atom stereocenters. The van der Waals surface area contributed by atoms with Gasteiger partial charge >= 0.3 is 0 Å². The summed E-state index contributed by atoms with van der Waals surface area (Å²) in [7, 11) is 1.50. The monoisotopic (exact) mass is 233 g/mol. The average Bonchev–Trinajstić information content (AvgIpc) is 2.37. The molecule has 2 aromatic rings. The van der Waals surface area contributed by atoms with Crippen molar-refractivity contribution in [3.05, 3.63) is 48.3 Å². The number of aromatic nitrogens is 2. The lowest BCUT2D eigenvalue weighted by Gasteiger charge is -2.07. The molecule has 0 spiro atoms. The molecule has 0 unspecified atom stereocenters. The van der Waals surface area contributed by atoms with Crippen molar-refractivity contribution in [2.45, 2.75) is 6.54 Å². The molecule has 0 bridgehead atoms. The molecule has 0 saturated carbocycles. The summed E-state index contributed by atoms with van der Waals surface area (Å²) in [6.07, 6.45) is 4.88. The van der Waals surface area contributed by atoms with Gasteiger partial charge in [0.2, 0.25) is 0 Å². The molecule has 0 saturated heterocycles. The number of hydrogen-bond acceptors (Lipinski definition) is 4. The molecule has 2 rings (SSSR count). The van der Waals surface area contributed by atoms with Crippen LogP contribution in [-0.4, -0.2) is 17.1 Å². The van der Waals surface area contributed by atoms with Gasteiger partial charge in [-0.1, -0.05) is 0 Å². The van der Waals surface area contributed by atoms with Crippen molar-refractivity contribution in [3.63, 3.8) is 0 Å². The lowest BCUT2D eigenvalue weighted by atomic mass is 10.3. The van der Waals surface area contributed by atoms with Gasteiger partial charge in [0.05, 0.1) is 25.5 Å². The van der Waals surface area contributed by atoms with Gasteiger partial charge in [-0.25, -0.2) is 4.39 Å². The third kappa shape index (κ3) is 3.14. The van der Waals surface area contributed by atoms with Crippen LogP contribution in [0.5, 0.6) is 5.75 Å². The number of rotatable bonds is 4. The SMILES string of the molecule is COc1cc(F)cc(NCc2cnccn2)c1. The number of anilines is 1. The number of halogens is 1. The zero-order valence-corrected chi connectivity index (χ0v) is 9.35. The van der Waals surface area contributed by atoms with Crippen LogP contribution in [0.15, 0.2) is 36.8 Å². The van der Waals surface area contributed by atoms with Gasteiger partial charge in [0.1, 0.15) is 11.6 Å². The predicted octanol–water partition coefficient (Wildman–Crippen LogP) is 2.24. The first-order chi connectivity index (χ1) is 8.28. The Morgan fingerprint density at radius 3 is 2.88 bits per heavy atom. The lowest BCUT2D eigenvalue weighted by Crippen LogP contribution is -2.02. The maximum Gasteiger partial charge on any atom is 0.128 e. The van der Waals surface area contributed by atoms with Crippen LogP contribution in [0.2, 0.25) is 0 Å². The molecule has 1 aromatic carbocycles. The molecule has 0 radical (unpaired) electrons. The molecule has 0 fully saturated rings. The van der Waals surface area contributed by atoms with E-state index in [1.807, 2.05) is 0 Å². The Balaban J connectivity index is 2.06. The minimum Gasteiger partial charge on any atom is -0.497 e. The van der Waals surface area contributed by atoms with Crippen molar-refractivity contribution < 1.29 is 9.13 Å². The molecular formula is C12H12FN3O. The van der Waals surface area contributed by atoms with Gasteiger partial charge in [0.15, 0.2) is 0 Å². The molecule has 5 heteroatoms. The maximum atomic E-state index is 13.2. The summed E-state index contributed by atoms with van der Waals surface area (Å²) in [4.78, 5) is 8.06. The smallest absolute Gasteiger partial charge is 0.128 e. The van der Waals surface area contributed by atoms with Crippen LogP contribution >= 0.6 is 0 Å². The van der Waals surface area contributed by atoms with Crippen LogP contribution in [0.1, 0.15) is 5.69 Å². The molecule has 0 aliphatic heterocycles. The lowest BCUT2D eigenvalue weighted by molar-refractivity contribution is 0.411. The molecule has 0 aliphatic carbocycles. The topological polar surface area (TPSA) is 47.0 Å². The molecule has 1 N–H and O–H groups in total. The Hall–Kier alpha value is -2.17. The standard InChI is InChI=1S/C12H12FN3O/c1-17-12-5-9(13)4-10(6-12)16-8-11-7-14-2-3-15-11/h2-7,16H,8H2,1H3. The van der Waals surface area contributed by atoms with Gasteiger partial charge in [-0.15, -0.1) is 0 Å². The molecule has 4 nitrogen and oxygen atoms in total. The van der Waals surface area contributed by atoms with Crippen LogP contribution < -0.4 is 10.1 Å². The van der Waals surface area contributed by atoms with E-state index >= 15 is 0 Å². The van der Waals surface area contributed by atoms with Gasteiger partial charge in [-0.3, -0.25) is 9.97 Å². The Bertz CT molecular complexity index is 490. The zero-order chi connectivity index (χ0) is 12.1. The molecule has 1 aromatic heterocycles. The molecule has 88 valence electrons. The quantitative estimate of drug-likeness (QED) is 0.879. The normalized spacial score (nSPS) is 10.0. The number of ether oxygens (including phenoxy) is 1. The van der Waals surface area contributed by atoms with E-state index in [0.29, 0.717) is 18.0 Å². The summed E-state index contributed by atoms with van der Waals surface area (Å²) in [5.74, 6) is 0.137. The minimum absolute atomic E-state index is 0.342. The average molecular weight is 233 g/mol. The second-order valence-electron chi connectivity index (χ2n) is 3.43. The minimum atomic E-state index is -0.342. The second kappa shape index (κ2) is 5.25.